The largest absolute Gasteiger partial charge is 1.00 e. The van der Waals surface area contributed by atoms with Crippen molar-refractivity contribution >= 4 is 110 Å². The zero-order valence-electron chi connectivity index (χ0n) is 38.4. The number of benzene rings is 5. The summed E-state index contributed by atoms with van der Waals surface area (Å²) in [5.41, 5.74) is 14.9. The van der Waals surface area contributed by atoms with Gasteiger partial charge in [-0.05, 0) is 108 Å². The third-order valence-corrected chi connectivity index (χ3v) is 19.0. The maximum absolute atomic E-state index is 13.7. The summed E-state index contributed by atoms with van der Waals surface area (Å²) in [6.07, 6.45) is 4.09. The summed E-state index contributed by atoms with van der Waals surface area (Å²) in [7, 11) is -9.65. The molecule has 5 aromatic carbocycles. The van der Waals surface area contributed by atoms with Gasteiger partial charge in [-0.25, -0.2) is 26.8 Å². The van der Waals surface area contributed by atoms with Gasteiger partial charge in [-0.3, -0.25) is 30.4 Å². The molecule has 7 aromatic rings. The minimum Gasteiger partial charge on any atom is -0.744 e. The first-order valence-electron chi connectivity index (χ1n) is 21.1. The molecule has 0 radical (unpaired) electrons. The van der Waals surface area contributed by atoms with Gasteiger partial charge in [0, 0.05) is 22.7 Å². The number of allylic oxidation sites excluding steroid dienone is 6. The second kappa shape index (κ2) is 20.0. The van der Waals surface area contributed by atoms with Gasteiger partial charge in [0.1, 0.15) is 25.6 Å². The van der Waals surface area contributed by atoms with Crippen molar-refractivity contribution in [1.82, 2.24) is 9.97 Å². The molecule has 0 amide bonds. The molecule has 4 aliphatic rings. The first kappa shape index (κ1) is 52.4. The first-order valence-corrected chi connectivity index (χ1v) is 27.4. The van der Waals surface area contributed by atoms with Crippen LogP contribution < -0.4 is 91.5 Å². The standard InChI is InChI=1S/C48H34N8O8S6.2Na/c1-25-3-15-36-43(45(25)69(59,60)61)67-47(51-36,29-9-17-33-39(21-29)65-23-49-33)27-5-11-31(12-6-27)53-55-35-19-20-38(57)41(42(35)58)56-54-32-13-7-28(8-14-32)48(30-10-18-34-40(22-30)66-24-50-34)52-37-16-4-26(2)46(44(37)68-48)70(62,63)64;;/h3-14,17-24,53-54H,15-16H2,1-2H3,(H,59,60,61)(H,62,63,64);;/q;2*+1/p-2/b55-35-,56-41+;;. The summed E-state index contributed by atoms with van der Waals surface area (Å²) >= 11 is 5.31. The Kier molecular flexibility index (Phi) is 14.5. The van der Waals surface area contributed by atoms with E-state index in [1.54, 1.807) is 85.6 Å². The van der Waals surface area contributed by atoms with Gasteiger partial charge in [0.15, 0.2) is 15.1 Å². The molecule has 2 aliphatic heterocycles. The van der Waals surface area contributed by atoms with E-state index in [4.69, 9.17) is 9.98 Å². The summed E-state index contributed by atoms with van der Waals surface area (Å²) in [5, 5.41) is 8.00. The smallest absolute Gasteiger partial charge is 0.744 e. The molecule has 16 nitrogen and oxygen atoms in total. The van der Waals surface area contributed by atoms with Crippen LogP contribution in [0.25, 0.3) is 20.4 Å². The molecule has 24 heteroatoms. The normalized spacial score (nSPS) is 20.3. The van der Waals surface area contributed by atoms with Crippen molar-refractivity contribution in [2.45, 2.75) is 36.4 Å². The van der Waals surface area contributed by atoms with Crippen molar-refractivity contribution in [2.75, 3.05) is 10.9 Å². The summed E-state index contributed by atoms with van der Waals surface area (Å²) < 4.78 is 77.0. The second-order valence-electron chi connectivity index (χ2n) is 16.4. The van der Waals surface area contributed by atoms with E-state index >= 15 is 0 Å². The number of thioether (sulfide) groups is 2. The Balaban J connectivity index is 0.00000320. The molecule has 2 N–H and O–H groups in total. The summed E-state index contributed by atoms with van der Waals surface area (Å²) in [6, 6.07) is 28.0. The van der Waals surface area contributed by atoms with E-state index in [9.17, 15) is 35.5 Å². The number of aromatic nitrogens is 2. The number of anilines is 2. The number of nitrogens with zero attached hydrogens (tertiary/aromatic N) is 6. The van der Waals surface area contributed by atoms with Crippen LogP contribution in [-0.2, 0) is 30.0 Å². The van der Waals surface area contributed by atoms with E-state index < -0.39 is 46.2 Å². The van der Waals surface area contributed by atoms with Crippen LogP contribution in [0.1, 0.15) is 48.9 Å². The van der Waals surface area contributed by atoms with Crippen molar-refractivity contribution in [3.63, 3.8) is 0 Å². The predicted octanol–water partition coefficient (Wildman–Crippen LogP) is 1.36. The number of thiazole rings is 2. The van der Waals surface area contributed by atoms with Crippen LogP contribution in [-0.4, -0.2) is 47.3 Å². The SMILES string of the molecule is CC1=CCC2=NC(c3ccc(N/N=c4/ccc(=O)/c(=N\Nc5ccc(C6(c7ccc8ncsc8c7)N=C7CC=C(C)C(S(=O)(=O)[O-])=C7S6)cc5)c4=O)cc3)(c3ccc4ncsc4c3)SC2=C1S(=O)(=O)[O-].[Na+].[Na+]. The van der Waals surface area contributed by atoms with Crippen LogP contribution in [0.3, 0.4) is 0 Å². The summed E-state index contributed by atoms with van der Waals surface area (Å²) in [6.45, 7) is 3.21. The monoisotopic (exact) mass is 1090 g/mol. The van der Waals surface area contributed by atoms with E-state index in [-0.39, 0.29) is 74.3 Å². The number of rotatable bonds is 10. The average Bonchev–Trinajstić information content (AvgIpc) is 4.16. The van der Waals surface area contributed by atoms with E-state index in [0.717, 1.165) is 31.6 Å². The van der Waals surface area contributed by atoms with Crippen LogP contribution in [0.2, 0.25) is 0 Å². The van der Waals surface area contributed by atoms with E-state index in [0.29, 0.717) is 67.7 Å². The molecule has 2 aliphatic carbocycles. The third kappa shape index (κ3) is 9.37. The second-order valence-corrected chi connectivity index (χ2v) is 23.3. The summed E-state index contributed by atoms with van der Waals surface area (Å²) in [4.78, 5) is 43.5. The Morgan fingerprint density at radius 1 is 0.583 bits per heavy atom. The van der Waals surface area contributed by atoms with Crippen LogP contribution >= 0.6 is 46.2 Å². The molecule has 0 bridgehead atoms. The zero-order valence-corrected chi connectivity index (χ0v) is 47.3. The molecule has 72 heavy (non-hydrogen) atoms. The van der Waals surface area contributed by atoms with Crippen LogP contribution in [0.4, 0.5) is 11.4 Å². The maximum Gasteiger partial charge on any atom is 1.00 e. The molecule has 0 spiro atoms. The Morgan fingerprint density at radius 3 is 1.46 bits per heavy atom. The van der Waals surface area contributed by atoms with Crippen molar-refractivity contribution < 1.29 is 85.1 Å². The number of fused-ring (bicyclic) bond motifs is 4. The molecular formula is C48H32N8Na2O8S6. The molecule has 0 saturated carbocycles. The Bertz CT molecular complexity index is 4110. The molecule has 2 unspecified atom stereocenters. The molecule has 2 atom stereocenters. The minimum atomic E-state index is -4.83. The van der Waals surface area contributed by atoms with E-state index in [1.807, 2.05) is 36.4 Å². The van der Waals surface area contributed by atoms with Crippen LogP contribution in [0, 0.1) is 0 Å². The zero-order chi connectivity index (χ0) is 48.7. The quantitative estimate of drug-likeness (QED) is 0.112. The Labute approximate surface area is 471 Å². The van der Waals surface area contributed by atoms with Crippen LogP contribution in [0.15, 0.2) is 181 Å². The molecule has 350 valence electrons. The van der Waals surface area contributed by atoms with E-state index in [1.165, 1.54) is 58.3 Å². The van der Waals surface area contributed by atoms with Gasteiger partial charge < -0.3 is 9.11 Å². The third-order valence-electron chi connectivity index (χ3n) is 12.1. The van der Waals surface area contributed by atoms with Gasteiger partial charge in [0.2, 0.25) is 10.9 Å². The van der Waals surface area contributed by atoms with Gasteiger partial charge in [-0.15, -0.1) is 22.7 Å². The fraction of sp³-hybridized carbons (Fsp3) is 0.125. The number of aliphatic imine (C=N–C) groups is 2. The molecule has 4 heterocycles. The fourth-order valence-corrected chi connectivity index (χ4v) is 15.6. The molecule has 0 saturated heterocycles. The van der Waals surface area contributed by atoms with Crippen molar-refractivity contribution in [3.8, 4) is 0 Å². The number of hydrogen-bond donors (Lipinski definition) is 2. The Morgan fingerprint density at radius 2 is 1.01 bits per heavy atom. The van der Waals surface area contributed by atoms with Gasteiger partial charge in [0.25, 0.3) is 0 Å². The average molecular weight is 1090 g/mol. The first-order chi connectivity index (χ1) is 33.5. The summed E-state index contributed by atoms with van der Waals surface area (Å²) in [5.74, 6) is 0. The molecule has 2 aromatic heterocycles. The predicted molar refractivity (Wildman–Crippen MR) is 274 cm³/mol. The maximum atomic E-state index is 13.7. The van der Waals surface area contributed by atoms with E-state index in [2.05, 4.69) is 31.0 Å². The molecule has 11 rings (SSSR count). The van der Waals surface area contributed by atoms with Crippen LogP contribution in [0.5, 0.6) is 0 Å². The molecule has 0 fully saturated rings. The Hall–Kier alpha value is -4.50. The van der Waals surface area contributed by atoms with Crippen molar-refractivity contribution in [3.05, 3.63) is 204 Å². The van der Waals surface area contributed by atoms with Crippen molar-refractivity contribution in [1.29, 1.82) is 0 Å². The molecular weight excluding hydrogens is 1050 g/mol. The van der Waals surface area contributed by atoms with Gasteiger partial charge in [0.05, 0.1) is 64.1 Å². The van der Waals surface area contributed by atoms with Gasteiger partial charge in [-0.2, -0.15) is 10.2 Å². The van der Waals surface area contributed by atoms with Gasteiger partial charge >= 0.3 is 59.1 Å². The fourth-order valence-electron chi connectivity index (χ4n) is 8.72. The number of hydrogen-bond acceptors (Lipinski definition) is 20. The topological polar surface area (TPSA) is 248 Å². The number of nitrogens with one attached hydrogen (secondary N) is 2. The minimum absolute atomic E-state index is 0. The van der Waals surface area contributed by atoms with Gasteiger partial charge in [-0.1, -0.05) is 72.1 Å². The van der Waals surface area contributed by atoms with Crippen molar-refractivity contribution in [2.24, 2.45) is 20.2 Å².